The molecule has 2 aromatic carbocycles. The highest BCUT2D eigenvalue weighted by molar-refractivity contribution is 5.72. The number of rotatable bonds is 3. The van der Waals surface area contributed by atoms with Crippen LogP contribution in [0.5, 0.6) is 5.75 Å². The molecule has 0 aliphatic carbocycles. The molecule has 0 saturated carbocycles. The van der Waals surface area contributed by atoms with Crippen molar-refractivity contribution < 1.29 is 4.74 Å². The van der Waals surface area contributed by atoms with Crippen LogP contribution < -0.4 is 4.74 Å². The first-order valence-corrected chi connectivity index (χ1v) is 7.66. The van der Waals surface area contributed by atoms with Gasteiger partial charge in [0.15, 0.2) is 0 Å². The number of fused-ring (bicyclic) bond motifs is 3. The summed E-state index contributed by atoms with van der Waals surface area (Å²) >= 11 is 0. The van der Waals surface area contributed by atoms with Gasteiger partial charge in [-0.1, -0.05) is 24.3 Å². The van der Waals surface area contributed by atoms with Crippen LogP contribution in [0.15, 0.2) is 48.5 Å². The van der Waals surface area contributed by atoms with E-state index >= 15 is 0 Å². The Morgan fingerprint density at radius 1 is 1.09 bits per heavy atom. The number of benzene rings is 2. The van der Waals surface area contributed by atoms with Crippen LogP contribution in [-0.2, 0) is 6.54 Å². The lowest BCUT2D eigenvalue weighted by molar-refractivity contribution is 0.340. The van der Waals surface area contributed by atoms with Gasteiger partial charge in [0, 0.05) is 16.8 Å². The molecule has 0 N–H and O–H groups in total. The third-order valence-electron chi connectivity index (χ3n) is 4.25. The molecular weight excluding hydrogens is 272 g/mol. The first-order valence-electron chi connectivity index (χ1n) is 7.66. The van der Waals surface area contributed by atoms with Crippen LogP contribution in [0, 0.1) is 6.92 Å². The molecule has 1 aliphatic heterocycles. The molecule has 0 fully saturated rings. The van der Waals surface area contributed by atoms with E-state index in [-0.39, 0.29) is 0 Å². The average Bonchev–Trinajstić information content (AvgIpc) is 3.06. The molecule has 1 aromatic heterocycles. The fraction of sp³-hybridized carbons (Fsp3) is 0.211. The second-order valence-corrected chi connectivity index (χ2v) is 5.57. The molecule has 1 aliphatic rings. The first kappa shape index (κ1) is 13.1. The monoisotopic (exact) mass is 290 g/mol. The Hall–Kier alpha value is -2.55. The summed E-state index contributed by atoms with van der Waals surface area (Å²) in [5, 5.41) is 0. The maximum atomic E-state index is 5.51. The number of imidazole rings is 1. The predicted octanol–water partition coefficient (Wildman–Crippen LogP) is 4.29. The van der Waals surface area contributed by atoms with Gasteiger partial charge in [0.1, 0.15) is 11.6 Å². The second kappa shape index (κ2) is 5.02. The minimum absolute atomic E-state index is 0.688. The predicted molar refractivity (Wildman–Crippen MR) is 88.1 cm³/mol. The van der Waals surface area contributed by atoms with Crippen molar-refractivity contribution in [3.05, 3.63) is 59.8 Å². The number of nitrogens with zero attached hydrogens (tertiary/aromatic N) is 2. The summed E-state index contributed by atoms with van der Waals surface area (Å²) in [5.41, 5.74) is 6.03. The van der Waals surface area contributed by atoms with Crippen LogP contribution in [0.1, 0.15) is 18.2 Å². The summed E-state index contributed by atoms with van der Waals surface area (Å²) in [6.07, 6.45) is 0. The molecule has 4 rings (SSSR count). The van der Waals surface area contributed by atoms with Crippen LogP contribution in [-0.4, -0.2) is 16.2 Å². The van der Waals surface area contributed by atoms with Gasteiger partial charge in [0.2, 0.25) is 0 Å². The van der Waals surface area contributed by atoms with E-state index in [9.17, 15) is 0 Å². The van der Waals surface area contributed by atoms with E-state index in [4.69, 9.17) is 9.72 Å². The molecular formula is C19H18N2O. The maximum Gasteiger partial charge on any atom is 0.141 e. The lowest BCUT2D eigenvalue weighted by atomic mass is 10.1. The van der Waals surface area contributed by atoms with Crippen LogP contribution >= 0.6 is 0 Å². The molecule has 0 saturated heterocycles. The van der Waals surface area contributed by atoms with E-state index in [0.29, 0.717) is 6.61 Å². The third-order valence-corrected chi connectivity index (χ3v) is 4.25. The van der Waals surface area contributed by atoms with Crippen molar-refractivity contribution in [2.24, 2.45) is 0 Å². The Labute approximate surface area is 130 Å². The maximum absolute atomic E-state index is 5.51. The molecule has 0 bridgehead atoms. The topological polar surface area (TPSA) is 27.1 Å². The minimum atomic E-state index is 0.688. The first-order chi connectivity index (χ1) is 10.8. The average molecular weight is 290 g/mol. The summed E-state index contributed by atoms with van der Waals surface area (Å²) in [5.74, 6) is 1.98. The molecule has 22 heavy (non-hydrogen) atoms. The van der Waals surface area contributed by atoms with Crippen molar-refractivity contribution in [1.29, 1.82) is 0 Å². The van der Waals surface area contributed by atoms with E-state index in [2.05, 4.69) is 47.9 Å². The zero-order valence-corrected chi connectivity index (χ0v) is 12.8. The van der Waals surface area contributed by atoms with E-state index in [1.807, 2.05) is 19.1 Å². The lowest BCUT2D eigenvalue weighted by Crippen LogP contribution is -1.96. The minimum Gasteiger partial charge on any atom is -0.494 e. The van der Waals surface area contributed by atoms with Crippen LogP contribution in [0.25, 0.3) is 22.6 Å². The van der Waals surface area contributed by atoms with Gasteiger partial charge in [-0.15, -0.1) is 0 Å². The van der Waals surface area contributed by atoms with Crippen LogP contribution in [0.4, 0.5) is 0 Å². The molecule has 110 valence electrons. The number of ether oxygens (including phenoxy) is 1. The van der Waals surface area contributed by atoms with E-state index in [1.165, 1.54) is 16.8 Å². The van der Waals surface area contributed by atoms with Gasteiger partial charge >= 0.3 is 0 Å². The Kier molecular flexibility index (Phi) is 3.00. The Balaban J connectivity index is 1.76. The van der Waals surface area contributed by atoms with Crippen molar-refractivity contribution >= 4 is 0 Å². The molecule has 0 radical (unpaired) electrons. The van der Waals surface area contributed by atoms with E-state index in [1.54, 1.807) is 0 Å². The summed E-state index contributed by atoms with van der Waals surface area (Å²) in [4.78, 5) is 4.90. The van der Waals surface area contributed by atoms with Crippen LogP contribution in [0.2, 0.25) is 0 Å². The van der Waals surface area contributed by atoms with Gasteiger partial charge in [-0.3, -0.25) is 0 Å². The van der Waals surface area contributed by atoms with Crippen molar-refractivity contribution in [2.45, 2.75) is 20.4 Å². The fourth-order valence-electron chi connectivity index (χ4n) is 3.13. The Bertz CT molecular complexity index is 831. The fourth-order valence-corrected chi connectivity index (χ4v) is 3.13. The quantitative estimate of drug-likeness (QED) is 0.563. The largest absolute Gasteiger partial charge is 0.494 e. The van der Waals surface area contributed by atoms with Gasteiger partial charge < -0.3 is 9.30 Å². The zero-order valence-electron chi connectivity index (χ0n) is 12.8. The van der Waals surface area contributed by atoms with Crippen molar-refractivity contribution in [1.82, 2.24) is 9.55 Å². The molecule has 2 heterocycles. The second-order valence-electron chi connectivity index (χ2n) is 5.57. The molecule has 3 nitrogen and oxygen atoms in total. The molecule has 0 atom stereocenters. The highest BCUT2D eigenvalue weighted by atomic mass is 16.5. The summed E-state index contributed by atoms with van der Waals surface area (Å²) in [7, 11) is 0. The molecule has 0 unspecified atom stereocenters. The smallest absolute Gasteiger partial charge is 0.141 e. The normalized spacial score (nSPS) is 12.1. The Morgan fingerprint density at radius 2 is 1.86 bits per heavy atom. The van der Waals surface area contributed by atoms with Gasteiger partial charge in [0.05, 0.1) is 18.8 Å². The summed E-state index contributed by atoms with van der Waals surface area (Å²) < 4.78 is 7.81. The van der Waals surface area contributed by atoms with E-state index in [0.717, 1.165) is 29.4 Å². The van der Waals surface area contributed by atoms with Gasteiger partial charge in [-0.2, -0.15) is 0 Å². The van der Waals surface area contributed by atoms with Crippen molar-refractivity contribution in [2.75, 3.05) is 6.61 Å². The Morgan fingerprint density at radius 3 is 2.64 bits per heavy atom. The van der Waals surface area contributed by atoms with E-state index < -0.39 is 0 Å². The standard InChI is InChI=1S/C19H18N2O/c1-3-22-16-10-8-14(9-11-16)18-13(2)21-12-15-6-4-5-7-17(15)19(21)20-18/h4-11H,3,12H2,1-2H3. The number of hydrogen-bond acceptors (Lipinski definition) is 2. The van der Waals surface area contributed by atoms with Crippen LogP contribution in [0.3, 0.4) is 0 Å². The molecule has 3 heteroatoms. The third kappa shape index (κ3) is 1.93. The van der Waals surface area contributed by atoms with Gasteiger partial charge in [-0.25, -0.2) is 4.98 Å². The molecule has 0 spiro atoms. The molecule has 3 aromatic rings. The molecule has 0 amide bonds. The highest BCUT2D eigenvalue weighted by Crippen LogP contribution is 2.36. The SMILES string of the molecule is CCOc1ccc(-c2nc3n(c2C)Cc2ccccc2-3)cc1. The summed E-state index contributed by atoms with van der Waals surface area (Å²) in [6.45, 7) is 5.75. The highest BCUT2D eigenvalue weighted by Gasteiger charge is 2.24. The zero-order chi connectivity index (χ0) is 15.1. The van der Waals surface area contributed by atoms with Gasteiger partial charge in [0.25, 0.3) is 0 Å². The number of aromatic nitrogens is 2. The van der Waals surface area contributed by atoms with Crippen molar-refractivity contribution in [3.63, 3.8) is 0 Å². The lowest BCUT2D eigenvalue weighted by Gasteiger charge is -2.05. The number of hydrogen-bond donors (Lipinski definition) is 0. The van der Waals surface area contributed by atoms with Crippen molar-refractivity contribution in [3.8, 4) is 28.4 Å². The van der Waals surface area contributed by atoms with Gasteiger partial charge in [-0.05, 0) is 43.7 Å². The summed E-state index contributed by atoms with van der Waals surface area (Å²) in [6, 6.07) is 16.7.